The van der Waals surface area contributed by atoms with Gasteiger partial charge in [-0.25, -0.2) is 12.8 Å². The summed E-state index contributed by atoms with van der Waals surface area (Å²) in [6.45, 7) is 0. The van der Waals surface area contributed by atoms with E-state index in [0.29, 0.717) is 0 Å². The predicted molar refractivity (Wildman–Crippen MR) is 59.2 cm³/mol. The third-order valence-corrected chi connectivity index (χ3v) is 2.47. The maximum Gasteiger partial charge on any atom is 0.239 e. The number of rotatable bonds is 3. The predicted octanol–water partition coefficient (Wildman–Crippen LogP) is 0.391. The highest BCUT2D eigenvalue weighted by atomic mass is 32.2. The number of nitrogens with one attached hydrogen (secondary N) is 1. The van der Waals surface area contributed by atoms with Gasteiger partial charge in [0.25, 0.3) is 0 Å². The van der Waals surface area contributed by atoms with Crippen LogP contribution >= 0.6 is 0 Å². The summed E-state index contributed by atoms with van der Waals surface area (Å²) in [6, 6.07) is 3.42. The number of nitrogens with two attached hydrogens (primary N) is 1. The fourth-order valence-corrected chi connectivity index (χ4v) is 1.62. The Labute approximate surface area is 92.4 Å². The van der Waals surface area contributed by atoms with Crippen LogP contribution in [-0.2, 0) is 14.6 Å². The molecule has 0 fully saturated rings. The Hall–Kier alpha value is -1.63. The average Bonchev–Trinajstić information content (AvgIpc) is 2.06. The lowest BCUT2D eigenvalue weighted by atomic mass is 10.2. The summed E-state index contributed by atoms with van der Waals surface area (Å²) in [7, 11) is -3.39. The molecule has 0 unspecified atom stereocenters. The second-order valence-electron chi connectivity index (χ2n) is 3.35. The molecule has 0 aliphatic rings. The molecular formula is C9H11FN2O3S. The minimum atomic E-state index is -3.39. The molecule has 0 aliphatic heterocycles. The molecule has 3 N–H and O–H groups in total. The van der Waals surface area contributed by atoms with Crippen LogP contribution < -0.4 is 11.1 Å². The monoisotopic (exact) mass is 246 g/mol. The highest BCUT2D eigenvalue weighted by Gasteiger charge is 2.12. The first-order chi connectivity index (χ1) is 7.28. The van der Waals surface area contributed by atoms with Crippen LogP contribution in [-0.4, -0.2) is 26.3 Å². The standard InChI is InChI=1S/C9H11FN2O3S/c1-16(14,15)5-9(13)12-8-3-2-6(10)4-7(8)11/h2-4H,5,11H2,1H3,(H,12,13). The van der Waals surface area contributed by atoms with Crippen molar-refractivity contribution in [3.63, 3.8) is 0 Å². The van der Waals surface area contributed by atoms with Crippen molar-refractivity contribution in [2.24, 2.45) is 0 Å². The first-order valence-electron chi connectivity index (χ1n) is 4.30. The molecule has 0 saturated heterocycles. The summed E-state index contributed by atoms with van der Waals surface area (Å²) in [5, 5.41) is 2.28. The Bertz CT molecular complexity index is 513. The van der Waals surface area contributed by atoms with Crippen molar-refractivity contribution in [2.75, 3.05) is 23.1 Å². The van der Waals surface area contributed by atoms with Crippen molar-refractivity contribution in [2.45, 2.75) is 0 Å². The number of carbonyl (C=O) groups excluding carboxylic acids is 1. The van der Waals surface area contributed by atoms with Gasteiger partial charge in [0, 0.05) is 6.26 Å². The lowest BCUT2D eigenvalue weighted by Gasteiger charge is -2.07. The van der Waals surface area contributed by atoms with Gasteiger partial charge in [-0.15, -0.1) is 0 Å². The molecule has 0 saturated carbocycles. The molecule has 1 aromatic rings. The summed E-state index contributed by atoms with van der Waals surface area (Å²) in [5.74, 6) is -1.87. The van der Waals surface area contributed by atoms with Gasteiger partial charge < -0.3 is 11.1 Å². The van der Waals surface area contributed by atoms with E-state index in [1.165, 1.54) is 6.07 Å². The van der Waals surface area contributed by atoms with Gasteiger partial charge in [-0.05, 0) is 18.2 Å². The second-order valence-corrected chi connectivity index (χ2v) is 5.49. The zero-order valence-electron chi connectivity index (χ0n) is 8.53. The van der Waals surface area contributed by atoms with Crippen molar-refractivity contribution in [3.05, 3.63) is 24.0 Å². The SMILES string of the molecule is CS(=O)(=O)CC(=O)Nc1ccc(F)cc1N. The molecule has 0 heterocycles. The summed E-state index contributed by atoms with van der Waals surface area (Å²) in [5.41, 5.74) is 5.66. The maximum atomic E-state index is 12.7. The van der Waals surface area contributed by atoms with E-state index < -0.39 is 27.3 Å². The van der Waals surface area contributed by atoms with E-state index in [2.05, 4.69) is 5.32 Å². The Morgan fingerprint density at radius 2 is 2.12 bits per heavy atom. The zero-order valence-corrected chi connectivity index (χ0v) is 9.34. The number of hydrogen-bond donors (Lipinski definition) is 2. The molecule has 0 bridgehead atoms. The molecule has 0 atom stereocenters. The molecule has 0 aliphatic carbocycles. The summed E-state index contributed by atoms with van der Waals surface area (Å²) < 4.78 is 34.3. The summed E-state index contributed by atoms with van der Waals surface area (Å²) >= 11 is 0. The lowest BCUT2D eigenvalue weighted by molar-refractivity contribution is -0.113. The van der Waals surface area contributed by atoms with E-state index in [1.807, 2.05) is 0 Å². The molecule has 0 radical (unpaired) electrons. The van der Waals surface area contributed by atoms with Gasteiger partial charge in [0.1, 0.15) is 11.6 Å². The van der Waals surface area contributed by atoms with Crippen molar-refractivity contribution >= 4 is 27.1 Å². The normalized spacial score (nSPS) is 11.1. The minimum absolute atomic E-state index is 0.0434. The van der Waals surface area contributed by atoms with Gasteiger partial charge >= 0.3 is 0 Å². The van der Waals surface area contributed by atoms with Crippen LogP contribution in [0.15, 0.2) is 18.2 Å². The Kier molecular flexibility index (Phi) is 3.48. The van der Waals surface area contributed by atoms with Gasteiger partial charge in [-0.1, -0.05) is 0 Å². The van der Waals surface area contributed by atoms with Crippen LogP contribution in [0.2, 0.25) is 0 Å². The first kappa shape index (κ1) is 12.4. The first-order valence-corrected chi connectivity index (χ1v) is 6.36. The van der Waals surface area contributed by atoms with Crippen LogP contribution in [0.4, 0.5) is 15.8 Å². The molecule has 1 rings (SSSR count). The average molecular weight is 246 g/mol. The number of nitrogen functional groups attached to an aromatic ring is 1. The van der Waals surface area contributed by atoms with Crippen LogP contribution in [0, 0.1) is 5.82 Å². The zero-order chi connectivity index (χ0) is 12.3. The largest absolute Gasteiger partial charge is 0.397 e. The van der Waals surface area contributed by atoms with Gasteiger partial charge in [-0.2, -0.15) is 0 Å². The molecule has 16 heavy (non-hydrogen) atoms. The molecular weight excluding hydrogens is 235 g/mol. The van der Waals surface area contributed by atoms with Gasteiger partial charge in [0.05, 0.1) is 11.4 Å². The van der Waals surface area contributed by atoms with Gasteiger partial charge in [0.15, 0.2) is 9.84 Å². The number of halogens is 1. The van der Waals surface area contributed by atoms with E-state index in [9.17, 15) is 17.6 Å². The smallest absolute Gasteiger partial charge is 0.239 e. The van der Waals surface area contributed by atoms with Crippen LogP contribution in [0.5, 0.6) is 0 Å². The third kappa shape index (κ3) is 3.85. The van der Waals surface area contributed by atoms with Gasteiger partial charge in [0.2, 0.25) is 5.91 Å². The fraction of sp³-hybridized carbons (Fsp3) is 0.222. The lowest BCUT2D eigenvalue weighted by Crippen LogP contribution is -2.22. The number of hydrogen-bond acceptors (Lipinski definition) is 4. The fourth-order valence-electron chi connectivity index (χ4n) is 1.07. The molecule has 5 nitrogen and oxygen atoms in total. The van der Waals surface area contributed by atoms with Crippen LogP contribution in [0.3, 0.4) is 0 Å². The topological polar surface area (TPSA) is 89.3 Å². The number of sulfone groups is 1. The number of anilines is 2. The van der Waals surface area contributed by atoms with Crippen molar-refractivity contribution in [1.29, 1.82) is 0 Å². The van der Waals surface area contributed by atoms with Crippen molar-refractivity contribution < 1.29 is 17.6 Å². The summed E-state index contributed by atoms with van der Waals surface area (Å²) in [4.78, 5) is 11.2. The molecule has 1 amide bonds. The Balaban J connectivity index is 2.78. The van der Waals surface area contributed by atoms with Crippen molar-refractivity contribution in [1.82, 2.24) is 0 Å². The van der Waals surface area contributed by atoms with E-state index in [1.54, 1.807) is 0 Å². The molecule has 0 spiro atoms. The quantitative estimate of drug-likeness (QED) is 0.755. The second kappa shape index (κ2) is 4.48. The molecule has 7 heteroatoms. The number of amides is 1. The van der Waals surface area contributed by atoms with Crippen LogP contribution in [0.25, 0.3) is 0 Å². The van der Waals surface area contributed by atoms with E-state index in [-0.39, 0.29) is 11.4 Å². The van der Waals surface area contributed by atoms with Gasteiger partial charge in [-0.3, -0.25) is 4.79 Å². The van der Waals surface area contributed by atoms with Crippen LogP contribution in [0.1, 0.15) is 0 Å². The molecule has 88 valence electrons. The summed E-state index contributed by atoms with van der Waals surface area (Å²) in [6.07, 6.45) is 0.945. The van der Waals surface area contributed by atoms with E-state index >= 15 is 0 Å². The van der Waals surface area contributed by atoms with Crippen molar-refractivity contribution in [3.8, 4) is 0 Å². The molecule has 0 aromatic heterocycles. The molecule has 1 aromatic carbocycles. The van der Waals surface area contributed by atoms with E-state index in [0.717, 1.165) is 18.4 Å². The third-order valence-electron chi connectivity index (χ3n) is 1.68. The highest BCUT2D eigenvalue weighted by Crippen LogP contribution is 2.18. The Morgan fingerprint density at radius 3 is 2.62 bits per heavy atom. The Morgan fingerprint density at radius 1 is 1.50 bits per heavy atom. The van der Waals surface area contributed by atoms with E-state index in [4.69, 9.17) is 5.73 Å². The highest BCUT2D eigenvalue weighted by molar-refractivity contribution is 7.91. The minimum Gasteiger partial charge on any atom is -0.397 e. The number of benzene rings is 1. The maximum absolute atomic E-state index is 12.7. The number of carbonyl (C=O) groups is 1.